The van der Waals surface area contributed by atoms with Gasteiger partial charge in [-0.2, -0.15) is 0 Å². The molecule has 0 radical (unpaired) electrons. The van der Waals surface area contributed by atoms with Crippen LogP contribution in [0.3, 0.4) is 0 Å². The Morgan fingerprint density at radius 2 is 0.541 bits per heavy atom. The number of aliphatic hydroxyl groups excluding tert-OH is 2. The molecule has 1 fully saturated rings. The molecule has 0 aliphatic carbocycles. The first-order valence-electron chi connectivity index (χ1n) is 33.7. The van der Waals surface area contributed by atoms with E-state index in [0.717, 1.165) is 19.3 Å². The first kappa shape index (κ1) is 70.6. The standard InChI is InChI=1S/C68H130O6/c1-2-3-4-5-6-7-8-9-10-11-12-13-14-15-16-17-18-19-20-21-22-23-24-25-26-27-28-29-30-31-32-33-34-35-36-37-38-39-40-41-42-43-44-45-46-47-48-49-50-51-52-53-54-55-56-57-58-59-65-60-66(71)73-63-68(61-69,62-70)64-74-67(65)72/h2,65,69-70H,1,3-64H2. The predicted molar refractivity (Wildman–Crippen MR) is 320 cm³/mol. The van der Waals surface area contributed by atoms with Gasteiger partial charge in [0.25, 0.3) is 0 Å². The van der Waals surface area contributed by atoms with Crippen LogP contribution in [-0.4, -0.2) is 48.6 Å². The maximum atomic E-state index is 12.6. The highest BCUT2D eigenvalue weighted by atomic mass is 16.6. The van der Waals surface area contributed by atoms with Crippen molar-refractivity contribution >= 4 is 11.9 Å². The molecule has 1 saturated heterocycles. The summed E-state index contributed by atoms with van der Waals surface area (Å²) in [6.07, 6.45) is 82.1. The minimum absolute atomic E-state index is 0.00518. The number of aliphatic hydroxyl groups is 2. The number of allylic oxidation sites excluding steroid dienone is 1. The van der Waals surface area contributed by atoms with Crippen LogP contribution in [0.5, 0.6) is 0 Å². The van der Waals surface area contributed by atoms with E-state index in [1.165, 1.54) is 340 Å². The molecule has 0 amide bonds. The third-order valence-electron chi connectivity index (χ3n) is 16.9. The van der Waals surface area contributed by atoms with Gasteiger partial charge >= 0.3 is 11.9 Å². The molecule has 2 N–H and O–H groups in total. The third kappa shape index (κ3) is 48.9. The van der Waals surface area contributed by atoms with E-state index in [2.05, 4.69) is 12.7 Å². The number of carbonyl (C=O) groups is 2. The van der Waals surface area contributed by atoms with Gasteiger partial charge in [0, 0.05) is 0 Å². The van der Waals surface area contributed by atoms with Gasteiger partial charge in [0.15, 0.2) is 0 Å². The van der Waals surface area contributed by atoms with Crippen LogP contribution in [0, 0.1) is 11.3 Å². The normalized spacial score (nSPS) is 15.0. The second-order valence-corrected chi connectivity index (χ2v) is 24.3. The highest BCUT2D eigenvalue weighted by Crippen LogP contribution is 2.25. The summed E-state index contributed by atoms with van der Waals surface area (Å²) in [5.74, 6) is -1.40. The first-order valence-corrected chi connectivity index (χ1v) is 33.7. The van der Waals surface area contributed by atoms with Crippen LogP contribution in [-0.2, 0) is 19.1 Å². The van der Waals surface area contributed by atoms with E-state index in [9.17, 15) is 19.8 Å². The maximum Gasteiger partial charge on any atom is 0.309 e. The molecule has 1 heterocycles. The minimum Gasteiger partial charge on any atom is -0.465 e. The minimum atomic E-state index is -1.12. The fourth-order valence-electron chi connectivity index (χ4n) is 11.5. The number of carbonyl (C=O) groups excluding carboxylic acids is 2. The molecular formula is C68H130O6. The van der Waals surface area contributed by atoms with Crippen LogP contribution in [0.4, 0.5) is 0 Å². The molecule has 74 heavy (non-hydrogen) atoms. The largest absolute Gasteiger partial charge is 0.465 e. The average Bonchev–Trinajstić information content (AvgIpc) is 3.47. The molecule has 0 aromatic rings. The van der Waals surface area contributed by atoms with Gasteiger partial charge in [0.1, 0.15) is 13.2 Å². The number of ether oxygens (including phenoxy) is 2. The van der Waals surface area contributed by atoms with Crippen molar-refractivity contribution in [2.45, 2.75) is 372 Å². The zero-order valence-electron chi connectivity index (χ0n) is 49.7. The molecule has 1 atom stereocenters. The van der Waals surface area contributed by atoms with Gasteiger partial charge in [-0.1, -0.05) is 353 Å². The highest BCUT2D eigenvalue weighted by Gasteiger charge is 2.36. The van der Waals surface area contributed by atoms with Gasteiger partial charge in [-0.3, -0.25) is 9.59 Å². The van der Waals surface area contributed by atoms with E-state index >= 15 is 0 Å². The van der Waals surface area contributed by atoms with Crippen LogP contribution in [0.15, 0.2) is 12.7 Å². The molecular weight excluding hydrogens is 913 g/mol. The smallest absolute Gasteiger partial charge is 0.309 e. The van der Waals surface area contributed by atoms with E-state index in [4.69, 9.17) is 9.47 Å². The van der Waals surface area contributed by atoms with Crippen molar-refractivity contribution in [1.82, 2.24) is 0 Å². The summed E-state index contributed by atoms with van der Waals surface area (Å²) in [5.41, 5.74) is -1.12. The van der Waals surface area contributed by atoms with Crippen molar-refractivity contribution in [3.05, 3.63) is 12.7 Å². The second kappa shape index (κ2) is 57.8. The lowest BCUT2D eigenvalue weighted by atomic mass is 9.92. The van der Waals surface area contributed by atoms with Gasteiger partial charge in [-0.05, 0) is 19.3 Å². The summed E-state index contributed by atoms with van der Waals surface area (Å²) < 4.78 is 10.6. The van der Waals surface area contributed by atoms with Crippen molar-refractivity contribution < 1.29 is 29.3 Å². The van der Waals surface area contributed by atoms with E-state index in [1.807, 2.05) is 0 Å². The quantitative estimate of drug-likeness (QED) is 0.0358. The van der Waals surface area contributed by atoms with Crippen molar-refractivity contribution in [3.63, 3.8) is 0 Å². The number of rotatable bonds is 60. The molecule has 6 heteroatoms. The molecule has 1 aliphatic heterocycles. The number of hydrogen-bond acceptors (Lipinski definition) is 6. The van der Waals surface area contributed by atoms with Crippen LogP contribution in [0.25, 0.3) is 0 Å². The van der Waals surface area contributed by atoms with E-state index in [-0.39, 0.29) is 19.6 Å². The second-order valence-electron chi connectivity index (χ2n) is 24.3. The Labute approximate surface area is 462 Å². The summed E-state index contributed by atoms with van der Waals surface area (Å²) in [4.78, 5) is 24.8. The van der Waals surface area contributed by atoms with Crippen molar-refractivity contribution in [3.8, 4) is 0 Å². The topological polar surface area (TPSA) is 93.1 Å². The van der Waals surface area contributed by atoms with Crippen LogP contribution < -0.4 is 0 Å². The van der Waals surface area contributed by atoms with Crippen LogP contribution >= 0.6 is 0 Å². The molecule has 6 nitrogen and oxygen atoms in total. The van der Waals surface area contributed by atoms with Crippen molar-refractivity contribution in [1.29, 1.82) is 0 Å². The number of esters is 2. The average molecular weight is 1040 g/mol. The predicted octanol–water partition coefficient (Wildman–Crippen LogP) is 21.5. The summed E-state index contributed by atoms with van der Waals surface area (Å²) >= 11 is 0. The van der Waals surface area contributed by atoms with Crippen LogP contribution in [0.1, 0.15) is 372 Å². The van der Waals surface area contributed by atoms with Gasteiger partial charge < -0.3 is 19.7 Å². The number of unbranched alkanes of at least 4 members (excludes halogenated alkanes) is 55. The lowest BCUT2D eigenvalue weighted by Gasteiger charge is -2.27. The van der Waals surface area contributed by atoms with Gasteiger partial charge in [-0.25, -0.2) is 0 Å². The Bertz CT molecular complexity index is 1150. The lowest BCUT2D eigenvalue weighted by molar-refractivity contribution is -0.155. The zero-order valence-corrected chi connectivity index (χ0v) is 49.7. The van der Waals surface area contributed by atoms with Crippen LogP contribution in [0.2, 0.25) is 0 Å². The summed E-state index contributed by atoms with van der Waals surface area (Å²) in [6, 6.07) is 0. The molecule has 1 unspecified atom stereocenters. The fourth-order valence-corrected chi connectivity index (χ4v) is 11.5. The Hall–Kier alpha value is -1.40. The van der Waals surface area contributed by atoms with Gasteiger partial charge in [0.2, 0.25) is 0 Å². The first-order chi connectivity index (χ1) is 36.6. The lowest BCUT2D eigenvalue weighted by Crippen LogP contribution is -2.40. The SMILES string of the molecule is C=CCCCCCCCCCCCCCCCCCCCCCCCCCCCCCCCCCCCCCCCCCCCCCCCCCCCCCCCCCC1CC(=O)OCC(CO)(CO)COC1=O. The molecule has 0 aromatic carbocycles. The molecule has 0 saturated carbocycles. The van der Waals surface area contributed by atoms with Crippen molar-refractivity contribution in [2.24, 2.45) is 11.3 Å². The third-order valence-corrected chi connectivity index (χ3v) is 16.9. The molecule has 0 spiro atoms. The van der Waals surface area contributed by atoms with Gasteiger partial charge in [0.05, 0.1) is 31.0 Å². The molecule has 0 bridgehead atoms. The van der Waals surface area contributed by atoms with Gasteiger partial charge in [-0.15, -0.1) is 6.58 Å². The molecule has 438 valence electrons. The summed E-state index contributed by atoms with van der Waals surface area (Å²) in [6.45, 7) is 2.72. The Kier molecular flexibility index (Phi) is 55.1. The van der Waals surface area contributed by atoms with E-state index in [0.29, 0.717) is 6.42 Å². The van der Waals surface area contributed by atoms with Crippen molar-refractivity contribution in [2.75, 3.05) is 26.4 Å². The zero-order chi connectivity index (χ0) is 53.2. The van der Waals surface area contributed by atoms with E-state index in [1.54, 1.807) is 0 Å². The number of hydrogen-bond donors (Lipinski definition) is 2. The van der Waals surface area contributed by atoms with E-state index < -0.39 is 36.5 Å². The highest BCUT2D eigenvalue weighted by molar-refractivity contribution is 5.80. The number of cyclic esters (lactones) is 2. The molecule has 1 aliphatic rings. The Morgan fingerprint density at radius 3 is 0.757 bits per heavy atom. The molecule has 0 aromatic heterocycles. The Morgan fingerprint density at radius 1 is 0.338 bits per heavy atom. The summed E-state index contributed by atoms with van der Waals surface area (Å²) in [5, 5.41) is 19.2. The Balaban J connectivity index is 1.66. The molecule has 1 rings (SSSR count). The fraction of sp³-hybridized carbons (Fsp3) is 0.941. The maximum absolute atomic E-state index is 12.6. The monoisotopic (exact) mass is 1040 g/mol. The summed E-state index contributed by atoms with van der Waals surface area (Å²) in [7, 11) is 0.